The third kappa shape index (κ3) is 2.79. The first-order valence-electron chi connectivity index (χ1n) is 10.3. The second-order valence-corrected chi connectivity index (χ2v) is 8.32. The second kappa shape index (κ2) is 7.02. The van der Waals surface area contributed by atoms with Gasteiger partial charge in [-0.2, -0.15) is 0 Å². The highest BCUT2D eigenvalue weighted by atomic mass is 16.2. The molecule has 3 aliphatic rings. The third-order valence-corrected chi connectivity index (χ3v) is 6.60. The number of fused-ring (bicyclic) bond motifs is 4. The number of nitrogens with one attached hydrogen (secondary N) is 2. The van der Waals surface area contributed by atoms with E-state index in [1.807, 2.05) is 30.3 Å². The van der Waals surface area contributed by atoms with Crippen LogP contribution in [-0.4, -0.2) is 34.6 Å². The summed E-state index contributed by atoms with van der Waals surface area (Å²) in [7, 11) is 0. The fourth-order valence-electron chi connectivity index (χ4n) is 5.29. The van der Waals surface area contributed by atoms with Gasteiger partial charge in [-0.3, -0.25) is 29.4 Å². The maximum Gasteiger partial charge on any atom is 0.250 e. The Labute approximate surface area is 178 Å². The summed E-state index contributed by atoms with van der Waals surface area (Å²) in [5.74, 6) is -3.17. The van der Waals surface area contributed by atoms with Crippen molar-refractivity contribution in [1.29, 1.82) is 0 Å². The number of imide groups is 1. The van der Waals surface area contributed by atoms with E-state index in [2.05, 4.69) is 10.6 Å². The van der Waals surface area contributed by atoms with Gasteiger partial charge in [0.1, 0.15) is 5.54 Å². The zero-order valence-electron chi connectivity index (χ0n) is 16.7. The lowest BCUT2D eigenvalue weighted by Crippen LogP contribution is -2.53. The molecule has 1 spiro atoms. The lowest BCUT2D eigenvalue weighted by atomic mass is 9.76. The van der Waals surface area contributed by atoms with Gasteiger partial charge in [0.25, 0.3) is 0 Å². The van der Waals surface area contributed by atoms with Crippen molar-refractivity contribution in [2.75, 3.05) is 5.32 Å². The van der Waals surface area contributed by atoms with Crippen LogP contribution in [0.1, 0.15) is 24.0 Å². The summed E-state index contributed by atoms with van der Waals surface area (Å²) >= 11 is 0. The fraction of sp³-hybridized carbons (Fsp3) is 0.304. The summed E-state index contributed by atoms with van der Waals surface area (Å²) in [6.45, 7) is 0.146. The third-order valence-electron chi connectivity index (χ3n) is 6.60. The van der Waals surface area contributed by atoms with Crippen LogP contribution >= 0.6 is 0 Å². The lowest BCUT2D eigenvalue weighted by molar-refractivity contribution is -0.143. The Morgan fingerprint density at radius 2 is 1.71 bits per heavy atom. The zero-order valence-corrected chi connectivity index (χ0v) is 16.7. The predicted molar refractivity (Wildman–Crippen MR) is 111 cm³/mol. The summed E-state index contributed by atoms with van der Waals surface area (Å²) < 4.78 is 0. The first kappa shape index (κ1) is 19.4. The maximum atomic E-state index is 13.6. The number of hydrogen-bond acceptors (Lipinski definition) is 5. The molecule has 2 aromatic rings. The average molecular weight is 418 g/mol. The van der Waals surface area contributed by atoms with Gasteiger partial charge in [-0.1, -0.05) is 48.5 Å². The number of carbonyl (C=O) groups is 4. The summed E-state index contributed by atoms with van der Waals surface area (Å²) in [4.78, 5) is 53.0. The maximum absolute atomic E-state index is 13.6. The monoisotopic (exact) mass is 418 g/mol. The predicted octanol–water partition coefficient (Wildman–Crippen LogP) is 0.873. The van der Waals surface area contributed by atoms with Crippen molar-refractivity contribution in [3.05, 3.63) is 65.7 Å². The molecule has 0 bridgehead atoms. The Morgan fingerprint density at radius 1 is 1.00 bits per heavy atom. The molecule has 2 aromatic carbocycles. The molecule has 0 aliphatic carbocycles. The molecule has 4 amide bonds. The Kier molecular flexibility index (Phi) is 4.40. The van der Waals surface area contributed by atoms with Crippen LogP contribution in [0, 0.1) is 11.8 Å². The molecule has 3 aliphatic heterocycles. The first-order valence-corrected chi connectivity index (χ1v) is 10.3. The van der Waals surface area contributed by atoms with Crippen molar-refractivity contribution in [3.8, 4) is 0 Å². The molecular formula is C23H22N4O4. The van der Waals surface area contributed by atoms with E-state index in [4.69, 9.17) is 5.73 Å². The number of rotatable bonds is 5. The number of amides is 4. The van der Waals surface area contributed by atoms with E-state index >= 15 is 0 Å². The number of nitrogens with two attached hydrogens (primary N) is 1. The van der Waals surface area contributed by atoms with Crippen molar-refractivity contribution < 1.29 is 19.2 Å². The van der Waals surface area contributed by atoms with E-state index in [-0.39, 0.29) is 37.1 Å². The molecule has 0 saturated carbocycles. The van der Waals surface area contributed by atoms with E-state index in [1.165, 1.54) is 4.90 Å². The van der Waals surface area contributed by atoms with Gasteiger partial charge in [-0.05, 0) is 18.1 Å². The average Bonchev–Trinajstić information content (AvgIpc) is 3.34. The van der Waals surface area contributed by atoms with Gasteiger partial charge in [-0.25, -0.2) is 0 Å². The number of likely N-dealkylation sites (tertiary alicyclic amines) is 1. The quantitative estimate of drug-likeness (QED) is 0.622. The SMILES string of the molecule is NC(=O)CCC1NC2(C(=O)Nc3ccccc32)C2C(=O)N(Cc3ccccc3)C(=O)C12. The fourth-order valence-corrected chi connectivity index (χ4v) is 5.29. The lowest BCUT2D eigenvalue weighted by Gasteiger charge is -2.29. The van der Waals surface area contributed by atoms with Gasteiger partial charge in [-0.15, -0.1) is 0 Å². The van der Waals surface area contributed by atoms with Gasteiger partial charge in [0.2, 0.25) is 23.6 Å². The van der Waals surface area contributed by atoms with Crippen molar-refractivity contribution >= 4 is 29.3 Å². The van der Waals surface area contributed by atoms with E-state index in [0.29, 0.717) is 11.3 Å². The minimum Gasteiger partial charge on any atom is -0.370 e. The summed E-state index contributed by atoms with van der Waals surface area (Å²) in [6.07, 6.45) is 0.326. The van der Waals surface area contributed by atoms with Crippen LogP contribution in [0.25, 0.3) is 0 Å². The van der Waals surface area contributed by atoms with Crippen LogP contribution in [0.3, 0.4) is 0 Å². The number of primary amides is 1. The molecule has 31 heavy (non-hydrogen) atoms. The van der Waals surface area contributed by atoms with Crippen LogP contribution in [0.15, 0.2) is 54.6 Å². The number of hydrogen-bond donors (Lipinski definition) is 3. The van der Waals surface area contributed by atoms with E-state index in [0.717, 1.165) is 5.56 Å². The molecule has 2 fully saturated rings. The molecule has 0 aromatic heterocycles. The summed E-state index contributed by atoms with van der Waals surface area (Å²) in [6, 6.07) is 15.9. The largest absolute Gasteiger partial charge is 0.370 e. The minimum atomic E-state index is -1.35. The Hall–Kier alpha value is -3.52. The zero-order chi connectivity index (χ0) is 21.8. The van der Waals surface area contributed by atoms with Gasteiger partial charge in [0, 0.05) is 23.7 Å². The number of para-hydroxylation sites is 1. The molecule has 5 rings (SSSR count). The van der Waals surface area contributed by atoms with Crippen LogP contribution in [-0.2, 0) is 31.3 Å². The number of anilines is 1. The first-order chi connectivity index (χ1) is 14.9. The van der Waals surface area contributed by atoms with Crippen LogP contribution in [0.5, 0.6) is 0 Å². The normalized spacial score (nSPS) is 28.7. The van der Waals surface area contributed by atoms with E-state index in [1.54, 1.807) is 24.3 Å². The van der Waals surface area contributed by atoms with Gasteiger partial charge >= 0.3 is 0 Å². The van der Waals surface area contributed by atoms with Crippen molar-refractivity contribution in [3.63, 3.8) is 0 Å². The second-order valence-electron chi connectivity index (χ2n) is 8.32. The number of benzene rings is 2. The van der Waals surface area contributed by atoms with Crippen LogP contribution in [0.4, 0.5) is 5.69 Å². The smallest absolute Gasteiger partial charge is 0.250 e. The Balaban J connectivity index is 1.58. The molecular weight excluding hydrogens is 396 g/mol. The van der Waals surface area contributed by atoms with Crippen molar-refractivity contribution in [1.82, 2.24) is 10.2 Å². The van der Waals surface area contributed by atoms with Gasteiger partial charge < -0.3 is 11.1 Å². The van der Waals surface area contributed by atoms with Crippen molar-refractivity contribution in [2.24, 2.45) is 17.6 Å². The molecule has 2 saturated heterocycles. The van der Waals surface area contributed by atoms with E-state index < -0.39 is 29.3 Å². The van der Waals surface area contributed by atoms with Crippen LogP contribution < -0.4 is 16.4 Å². The minimum absolute atomic E-state index is 0.0559. The molecule has 158 valence electrons. The standard InChI is InChI=1S/C23H22N4O4/c24-17(28)11-10-16-18-19(21(30)27(20(18)29)12-13-6-2-1-3-7-13)23(26-16)14-8-4-5-9-15(14)25-22(23)31/h1-9,16,18-19,26H,10-12H2,(H2,24,28)(H,25,31). The highest BCUT2D eigenvalue weighted by molar-refractivity contribution is 6.15. The van der Waals surface area contributed by atoms with Crippen LogP contribution in [0.2, 0.25) is 0 Å². The molecule has 4 N–H and O–H groups in total. The van der Waals surface area contributed by atoms with Crippen molar-refractivity contribution in [2.45, 2.75) is 31.0 Å². The van der Waals surface area contributed by atoms with Gasteiger partial charge in [0.15, 0.2) is 0 Å². The summed E-state index contributed by atoms with van der Waals surface area (Å²) in [5.41, 5.74) is 6.10. The summed E-state index contributed by atoms with van der Waals surface area (Å²) in [5, 5.41) is 6.14. The Bertz CT molecular complexity index is 1100. The number of carbonyl (C=O) groups excluding carboxylic acids is 4. The highest BCUT2D eigenvalue weighted by Crippen LogP contribution is 2.53. The molecule has 8 nitrogen and oxygen atoms in total. The molecule has 8 heteroatoms. The van der Waals surface area contributed by atoms with Gasteiger partial charge in [0.05, 0.1) is 18.4 Å². The number of nitrogens with zero attached hydrogens (tertiary/aromatic N) is 1. The van der Waals surface area contributed by atoms with E-state index in [9.17, 15) is 19.2 Å². The Morgan fingerprint density at radius 3 is 2.45 bits per heavy atom. The molecule has 4 atom stereocenters. The molecule has 4 unspecified atom stereocenters. The molecule has 3 heterocycles. The highest BCUT2D eigenvalue weighted by Gasteiger charge is 2.70. The molecule has 0 radical (unpaired) electrons. The topological polar surface area (TPSA) is 122 Å².